The van der Waals surface area contributed by atoms with Crippen LogP contribution in [0.3, 0.4) is 0 Å². The average molecular weight is 338 g/mol. The molecule has 25 heavy (non-hydrogen) atoms. The van der Waals surface area contributed by atoms with Crippen molar-refractivity contribution < 1.29 is 8.78 Å². The first kappa shape index (κ1) is 17.6. The molecule has 0 aromatic heterocycles. The van der Waals surface area contributed by atoms with Crippen molar-refractivity contribution >= 4 is 0 Å². The van der Waals surface area contributed by atoms with E-state index in [9.17, 15) is 8.78 Å². The topological polar surface area (TPSA) is 0 Å². The highest BCUT2D eigenvalue weighted by Crippen LogP contribution is 2.48. The Balaban J connectivity index is 1.89. The molecule has 1 aliphatic carbocycles. The lowest BCUT2D eigenvalue weighted by atomic mass is 9.73. The molecule has 2 aromatic rings. The van der Waals surface area contributed by atoms with E-state index in [1.54, 1.807) is 0 Å². The molecule has 2 atom stereocenters. The highest BCUT2D eigenvalue weighted by Gasteiger charge is 2.38. The van der Waals surface area contributed by atoms with Gasteiger partial charge in [0.1, 0.15) is 11.7 Å². The van der Waals surface area contributed by atoms with E-state index >= 15 is 0 Å². The van der Waals surface area contributed by atoms with Crippen LogP contribution in [-0.2, 0) is 0 Å². The van der Waals surface area contributed by atoms with E-state index in [2.05, 4.69) is 0 Å². The highest BCUT2D eigenvalue weighted by molar-refractivity contribution is 5.63. The Bertz CT molecular complexity index is 771. The van der Waals surface area contributed by atoms with Gasteiger partial charge in [-0.3, -0.25) is 0 Å². The van der Waals surface area contributed by atoms with E-state index in [0.717, 1.165) is 23.1 Å². The zero-order valence-corrected chi connectivity index (χ0v) is 14.8. The fraction of sp³-hybridized carbons (Fsp3) is 0.304. The predicted molar refractivity (Wildman–Crippen MR) is 101 cm³/mol. The van der Waals surface area contributed by atoms with E-state index in [1.165, 1.54) is 0 Å². The zero-order chi connectivity index (χ0) is 17.9. The maximum Gasteiger partial charge on any atom is 0.143 e. The number of benzene rings is 2. The second-order valence-electron chi connectivity index (χ2n) is 6.75. The maximum absolute atomic E-state index is 14.8. The van der Waals surface area contributed by atoms with E-state index in [-0.39, 0.29) is 0 Å². The van der Waals surface area contributed by atoms with Crippen molar-refractivity contribution in [3.8, 4) is 11.1 Å². The summed E-state index contributed by atoms with van der Waals surface area (Å²) in [6, 6.07) is 17.8. The van der Waals surface area contributed by atoms with Crippen molar-refractivity contribution in [3.63, 3.8) is 0 Å². The van der Waals surface area contributed by atoms with Crippen molar-refractivity contribution in [3.05, 3.63) is 84.0 Å². The van der Waals surface area contributed by atoms with Crippen molar-refractivity contribution in [2.45, 2.75) is 39.0 Å². The van der Waals surface area contributed by atoms with Crippen molar-refractivity contribution in [2.24, 2.45) is 5.41 Å². The minimum absolute atomic E-state index is 0.580. The SMILES string of the molecule is CCCC1(CC)C=CC(c2ccc(-c3ccccc3)cc2)C(F)=C1F. The van der Waals surface area contributed by atoms with Crippen LogP contribution in [0.25, 0.3) is 11.1 Å². The molecule has 0 saturated carbocycles. The van der Waals surface area contributed by atoms with Gasteiger partial charge in [-0.1, -0.05) is 87.0 Å². The molecular formula is C23H24F2. The number of hydrogen-bond donors (Lipinski definition) is 0. The Morgan fingerprint density at radius 1 is 0.880 bits per heavy atom. The fourth-order valence-corrected chi connectivity index (χ4v) is 3.67. The summed E-state index contributed by atoms with van der Waals surface area (Å²) in [7, 11) is 0. The molecule has 2 unspecified atom stereocenters. The molecule has 0 fully saturated rings. The lowest BCUT2D eigenvalue weighted by molar-refractivity contribution is 0.290. The third-order valence-corrected chi connectivity index (χ3v) is 5.23. The van der Waals surface area contributed by atoms with E-state index in [4.69, 9.17) is 0 Å². The molecule has 3 rings (SSSR count). The van der Waals surface area contributed by atoms with Crippen LogP contribution in [0.1, 0.15) is 44.6 Å². The summed E-state index contributed by atoms with van der Waals surface area (Å²) in [5.74, 6) is -1.84. The fourth-order valence-electron chi connectivity index (χ4n) is 3.67. The summed E-state index contributed by atoms with van der Waals surface area (Å²) in [4.78, 5) is 0. The molecule has 0 N–H and O–H groups in total. The summed E-state index contributed by atoms with van der Waals surface area (Å²) in [6.45, 7) is 3.92. The molecule has 0 heterocycles. The third-order valence-electron chi connectivity index (χ3n) is 5.23. The van der Waals surface area contributed by atoms with Crippen LogP contribution < -0.4 is 0 Å². The smallest absolute Gasteiger partial charge is 0.143 e. The Kier molecular flexibility index (Phi) is 5.17. The van der Waals surface area contributed by atoms with E-state index < -0.39 is 23.0 Å². The summed E-state index contributed by atoms with van der Waals surface area (Å²) in [5, 5.41) is 0. The van der Waals surface area contributed by atoms with Gasteiger partial charge in [-0.25, -0.2) is 8.78 Å². The largest absolute Gasteiger partial charge is 0.208 e. The number of rotatable bonds is 5. The lowest BCUT2D eigenvalue weighted by Crippen LogP contribution is -2.23. The molecule has 0 nitrogen and oxygen atoms in total. The third kappa shape index (κ3) is 3.30. The van der Waals surface area contributed by atoms with Gasteiger partial charge in [-0.2, -0.15) is 0 Å². The van der Waals surface area contributed by atoms with Gasteiger partial charge in [-0.05, 0) is 29.5 Å². The van der Waals surface area contributed by atoms with Crippen LogP contribution in [0.5, 0.6) is 0 Å². The molecule has 0 aliphatic heterocycles. The average Bonchev–Trinajstić information content (AvgIpc) is 2.67. The molecule has 2 aromatic carbocycles. The molecule has 1 aliphatic rings. The summed E-state index contributed by atoms with van der Waals surface area (Å²) >= 11 is 0. The van der Waals surface area contributed by atoms with Gasteiger partial charge in [0.15, 0.2) is 0 Å². The van der Waals surface area contributed by atoms with E-state index in [1.807, 2.05) is 80.6 Å². The number of halogens is 2. The van der Waals surface area contributed by atoms with Gasteiger partial charge in [0.05, 0.1) is 5.92 Å². The predicted octanol–water partition coefficient (Wildman–Crippen LogP) is 7.35. The van der Waals surface area contributed by atoms with Gasteiger partial charge in [-0.15, -0.1) is 0 Å². The zero-order valence-electron chi connectivity index (χ0n) is 14.8. The second kappa shape index (κ2) is 7.35. The van der Waals surface area contributed by atoms with Crippen molar-refractivity contribution in [2.75, 3.05) is 0 Å². The summed E-state index contributed by atoms with van der Waals surface area (Å²) in [5.41, 5.74) is 2.20. The van der Waals surface area contributed by atoms with Gasteiger partial charge >= 0.3 is 0 Å². The molecular weight excluding hydrogens is 314 g/mol. The first-order valence-electron chi connectivity index (χ1n) is 9.01. The monoisotopic (exact) mass is 338 g/mol. The van der Waals surface area contributed by atoms with Crippen molar-refractivity contribution in [1.29, 1.82) is 0 Å². The van der Waals surface area contributed by atoms with Crippen LogP contribution in [0.4, 0.5) is 8.78 Å². The second-order valence-corrected chi connectivity index (χ2v) is 6.75. The quantitative estimate of drug-likeness (QED) is 0.500. The molecule has 130 valence electrons. The van der Waals surface area contributed by atoms with Crippen LogP contribution >= 0.6 is 0 Å². The number of hydrogen-bond acceptors (Lipinski definition) is 0. The van der Waals surface area contributed by atoms with Gasteiger partial charge in [0, 0.05) is 5.41 Å². The normalized spacial score (nSPS) is 23.1. The molecule has 0 spiro atoms. The van der Waals surface area contributed by atoms with Crippen LogP contribution in [0.2, 0.25) is 0 Å². The number of allylic oxidation sites excluding steroid dienone is 4. The first-order valence-corrected chi connectivity index (χ1v) is 9.01. The van der Waals surface area contributed by atoms with Gasteiger partial charge in [0.25, 0.3) is 0 Å². The Labute approximate surface area is 148 Å². The van der Waals surface area contributed by atoms with E-state index in [0.29, 0.717) is 12.8 Å². The first-order chi connectivity index (χ1) is 12.1. The Morgan fingerprint density at radius 3 is 2.12 bits per heavy atom. The van der Waals surface area contributed by atoms with Gasteiger partial charge < -0.3 is 0 Å². The lowest BCUT2D eigenvalue weighted by Gasteiger charge is -2.33. The molecule has 0 amide bonds. The van der Waals surface area contributed by atoms with Crippen LogP contribution in [0, 0.1) is 5.41 Å². The standard InChI is InChI=1S/C23H24F2/c1-3-15-23(4-2)16-14-20(21(24)22(23)25)19-12-10-18(11-13-19)17-8-6-5-7-9-17/h5-14,16,20H,3-4,15H2,1-2H3. The summed E-state index contributed by atoms with van der Waals surface area (Å²) in [6.07, 6.45) is 5.75. The minimum atomic E-state index is -0.765. The van der Waals surface area contributed by atoms with Gasteiger partial charge in [0.2, 0.25) is 0 Å². The molecule has 0 bridgehead atoms. The Hall–Kier alpha value is -2.22. The molecule has 0 saturated heterocycles. The van der Waals surface area contributed by atoms with Crippen LogP contribution in [0.15, 0.2) is 78.4 Å². The minimum Gasteiger partial charge on any atom is -0.208 e. The highest BCUT2D eigenvalue weighted by atomic mass is 19.2. The Morgan fingerprint density at radius 2 is 1.52 bits per heavy atom. The molecule has 0 radical (unpaired) electrons. The van der Waals surface area contributed by atoms with Crippen LogP contribution in [-0.4, -0.2) is 0 Å². The molecule has 2 heteroatoms. The maximum atomic E-state index is 14.8. The summed E-state index contributed by atoms with van der Waals surface area (Å²) < 4.78 is 29.6. The van der Waals surface area contributed by atoms with Crippen molar-refractivity contribution in [1.82, 2.24) is 0 Å².